The molecule has 1 atom stereocenters. The average Bonchev–Trinajstić information content (AvgIpc) is 2.31. The number of aliphatic carboxylic acids is 1. The maximum atomic E-state index is 11.4. The number of benzene rings is 1. The zero-order valence-electron chi connectivity index (χ0n) is 9.80. The van der Waals surface area contributed by atoms with Crippen LogP contribution in [0.15, 0.2) is 24.3 Å². The van der Waals surface area contributed by atoms with Gasteiger partial charge in [-0.25, -0.2) is 4.79 Å². The van der Waals surface area contributed by atoms with E-state index in [1.807, 2.05) is 6.07 Å². The fourth-order valence-corrected chi connectivity index (χ4v) is 1.22. The molecular formula is C12H13N3O3. The third kappa shape index (κ3) is 4.14. The average molecular weight is 247 g/mol. The Morgan fingerprint density at radius 2 is 2.00 bits per heavy atom. The van der Waals surface area contributed by atoms with Crippen LogP contribution in [0.3, 0.4) is 0 Å². The summed E-state index contributed by atoms with van der Waals surface area (Å²) in [5.74, 6) is -1.10. The SMILES string of the molecule is CC(NC(=O)Nc1ccc(CC#N)cc1)C(=O)O. The molecule has 6 nitrogen and oxygen atoms in total. The molecule has 1 rings (SSSR count). The van der Waals surface area contributed by atoms with Crippen molar-refractivity contribution in [1.29, 1.82) is 5.26 Å². The summed E-state index contributed by atoms with van der Waals surface area (Å²) in [6.07, 6.45) is 0.308. The van der Waals surface area contributed by atoms with Gasteiger partial charge in [-0.05, 0) is 24.6 Å². The number of carboxylic acids is 1. The number of carbonyl (C=O) groups excluding carboxylic acids is 1. The molecule has 0 saturated carbocycles. The van der Waals surface area contributed by atoms with Crippen LogP contribution in [0.5, 0.6) is 0 Å². The highest BCUT2D eigenvalue weighted by molar-refractivity contribution is 5.92. The van der Waals surface area contributed by atoms with E-state index in [4.69, 9.17) is 10.4 Å². The number of amides is 2. The first-order valence-electron chi connectivity index (χ1n) is 5.29. The number of urea groups is 1. The van der Waals surface area contributed by atoms with Crippen molar-refractivity contribution in [2.24, 2.45) is 0 Å². The molecule has 0 aliphatic rings. The number of carboxylic acid groups (broad SMARTS) is 1. The first kappa shape index (κ1) is 13.5. The van der Waals surface area contributed by atoms with Crippen molar-refractivity contribution < 1.29 is 14.7 Å². The van der Waals surface area contributed by atoms with E-state index in [1.54, 1.807) is 24.3 Å². The summed E-state index contributed by atoms with van der Waals surface area (Å²) >= 11 is 0. The van der Waals surface area contributed by atoms with E-state index >= 15 is 0 Å². The van der Waals surface area contributed by atoms with Gasteiger partial charge in [0.2, 0.25) is 0 Å². The standard InChI is InChI=1S/C12H13N3O3/c1-8(11(16)17)14-12(18)15-10-4-2-9(3-5-10)6-7-13/h2-5,8H,6H2,1H3,(H,16,17)(H2,14,15,18). The summed E-state index contributed by atoms with van der Waals surface area (Å²) in [6.45, 7) is 1.37. The minimum absolute atomic E-state index is 0.308. The fourth-order valence-electron chi connectivity index (χ4n) is 1.22. The summed E-state index contributed by atoms with van der Waals surface area (Å²) in [7, 11) is 0. The molecule has 0 aliphatic carbocycles. The van der Waals surface area contributed by atoms with Crippen LogP contribution < -0.4 is 10.6 Å². The highest BCUT2D eigenvalue weighted by Crippen LogP contribution is 2.09. The van der Waals surface area contributed by atoms with Gasteiger partial charge in [0.25, 0.3) is 0 Å². The summed E-state index contributed by atoms with van der Waals surface area (Å²) in [5, 5.41) is 21.9. The molecule has 6 heteroatoms. The number of nitrogens with zero attached hydrogens (tertiary/aromatic N) is 1. The van der Waals surface area contributed by atoms with Crippen LogP contribution in [0.1, 0.15) is 12.5 Å². The second-order valence-electron chi connectivity index (χ2n) is 3.69. The summed E-state index contributed by atoms with van der Waals surface area (Å²) in [5.41, 5.74) is 1.38. The lowest BCUT2D eigenvalue weighted by molar-refractivity contribution is -0.138. The molecule has 1 aromatic rings. The van der Waals surface area contributed by atoms with Gasteiger partial charge in [-0.1, -0.05) is 12.1 Å². The van der Waals surface area contributed by atoms with Crippen molar-refractivity contribution in [3.63, 3.8) is 0 Å². The van der Waals surface area contributed by atoms with Crippen molar-refractivity contribution in [3.05, 3.63) is 29.8 Å². The highest BCUT2D eigenvalue weighted by atomic mass is 16.4. The molecule has 0 aliphatic heterocycles. The number of carbonyl (C=O) groups is 2. The highest BCUT2D eigenvalue weighted by Gasteiger charge is 2.13. The third-order valence-electron chi connectivity index (χ3n) is 2.21. The first-order valence-corrected chi connectivity index (χ1v) is 5.29. The van der Waals surface area contributed by atoms with Crippen molar-refractivity contribution in [2.75, 3.05) is 5.32 Å². The van der Waals surface area contributed by atoms with Crippen molar-refractivity contribution in [1.82, 2.24) is 5.32 Å². The normalized spacial score (nSPS) is 11.1. The molecule has 94 valence electrons. The van der Waals surface area contributed by atoms with Crippen LogP contribution in [0, 0.1) is 11.3 Å². The van der Waals surface area contributed by atoms with Gasteiger partial charge in [-0.3, -0.25) is 4.79 Å². The Balaban J connectivity index is 2.55. The number of rotatable bonds is 4. The Hall–Kier alpha value is -2.55. The monoisotopic (exact) mass is 247 g/mol. The molecule has 1 unspecified atom stereocenters. The van der Waals surface area contributed by atoms with Crippen LogP contribution in [0.25, 0.3) is 0 Å². The second kappa shape index (κ2) is 6.25. The number of anilines is 1. The number of nitriles is 1. The fraction of sp³-hybridized carbons (Fsp3) is 0.250. The summed E-state index contributed by atoms with van der Waals surface area (Å²) < 4.78 is 0. The van der Waals surface area contributed by atoms with Crippen molar-refractivity contribution in [2.45, 2.75) is 19.4 Å². The smallest absolute Gasteiger partial charge is 0.325 e. The molecule has 0 saturated heterocycles. The largest absolute Gasteiger partial charge is 0.480 e. The predicted molar refractivity (Wildman–Crippen MR) is 65.0 cm³/mol. The third-order valence-corrected chi connectivity index (χ3v) is 2.21. The van der Waals surface area contributed by atoms with Crippen molar-refractivity contribution >= 4 is 17.7 Å². The summed E-state index contributed by atoms with van der Waals surface area (Å²) in [4.78, 5) is 21.9. The minimum atomic E-state index is -1.10. The van der Waals surface area contributed by atoms with Gasteiger partial charge in [-0.15, -0.1) is 0 Å². The molecule has 18 heavy (non-hydrogen) atoms. The molecule has 0 spiro atoms. The molecule has 0 aromatic heterocycles. The lowest BCUT2D eigenvalue weighted by Gasteiger charge is -2.10. The van der Waals surface area contributed by atoms with Gasteiger partial charge in [0.1, 0.15) is 6.04 Å². The maximum absolute atomic E-state index is 11.4. The second-order valence-corrected chi connectivity index (χ2v) is 3.69. The lowest BCUT2D eigenvalue weighted by Crippen LogP contribution is -2.40. The molecule has 0 heterocycles. The molecular weight excluding hydrogens is 234 g/mol. The zero-order valence-corrected chi connectivity index (χ0v) is 9.80. The molecule has 3 N–H and O–H groups in total. The van der Waals surface area contributed by atoms with E-state index in [-0.39, 0.29) is 0 Å². The van der Waals surface area contributed by atoms with Gasteiger partial charge in [0.15, 0.2) is 0 Å². The van der Waals surface area contributed by atoms with Gasteiger partial charge < -0.3 is 15.7 Å². The van der Waals surface area contributed by atoms with Crippen LogP contribution in [0.2, 0.25) is 0 Å². The predicted octanol–water partition coefficient (Wildman–Crippen LogP) is 1.35. The zero-order chi connectivity index (χ0) is 13.5. The Labute approximate surface area is 104 Å². The van der Waals surface area contributed by atoms with E-state index in [0.717, 1.165) is 5.56 Å². The van der Waals surface area contributed by atoms with Crippen molar-refractivity contribution in [3.8, 4) is 6.07 Å². The van der Waals surface area contributed by atoms with Gasteiger partial charge in [-0.2, -0.15) is 5.26 Å². The summed E-state index contributed by atoms with van der Waals surface area (Å²) in [6, 6.07) is 7.22. The molecule has 0 bridgehead atoms. The first-order chi connectivity index (χ1) is 8.52. The molecule has 0 radical (unpaired) electrons. The Morgan fingerprint density at radius 3 is 2.50 bits per heavy atom. The Bertz CT molecular complexity index is 476. The van der Waals surface area contributed by atoms with Gasteiger partial charge in [0.05, 0.1) is 12.5 Å². The van der Waals surface area contributed by atoms with Gasteiger partial charge >= 0.3 is 12.0 Å². The Kier molecular flexibility index (Phi) is 4.69. The van der Waals surface area contributed by atoms with E-state index in [0.29, 0.717) is 12.1 Å². The minimum Gasteiger partial charge on any atom is -0.480 e. The molecule has 0 fully saturated rings. The molecule has 1 aromatic carbocycles. The lowest BCUT2D eigenvalue weighted by atomic mass is 10.1. The van der Waals surface area contributed by atoms with E-state index in [2.05, 4.69) is 10.6 Å². The quantitative estimate of drug-likeness (QED) is 0.747. The van der Waals surface area contributed by atoms with Crippen LogP contribution in [0.4, 0.5) is 10.5 Å². The van der Waals surface area contributed by atoms with E-state index in [9.17, 15) is 9.59 Å². The van der Waals surface area contributed by atoms with E-state index in [1.165, 1.54) is 6.92 Å². The van der Waals surface area contributed by atoms with Crippen LogP contribution in [-0.4, -0.2) is 23.1 Å². The van der Waals surface area contributed by atoms with Crippen LogP contribution in [-0.2, 0) is 11.2 Å². The topological polar surface area (TPSA) is 102 Å². The Morgan fingerprint density at radius 1 is 1.39 bits per heavy atom. The number of hydrogen-bond donors (Lipinski definition) is 3. The van der Waals surface area contributed by atoms with Gasteiger partial charge in [0, 0.05) is 5.69 Å². The van der Waals surface area contributed by atoms with E-state index < -0.39 is 18.0 Å². The number of nitrogens with one attached hydrogen (secondary N) is 2. The molecule has 2 amide bonds. The van der Waals surface area contributed by atoms with Crippen LogP contribution >= 0.6 is 0 Å². The maximum Gasteiger partial charge on any atom is 0.325 e. The number of hydrogen-bond acceptors (Lipinski definition) is 3.